The third kappa shape index (κ3) is 5.32. The highest BCUT2D eigenvalue weighted by molar-refractivity contribution is 6.20. The third-order valence-corrected chi connectivity index (χ3v) is 6.43. The SMILES string of the molecule is O=C(O)c1ccc([C@H](ON2C(=O)c3ccccc3C2=O)C(=O)OC(c2ccccc2)c2ccccc2)cc1C(=O)O. The van der Waals surface area contributed by atoms with Crippen LogP contribution in [0.2, 0.25) is 0 Å². The van der Waals surface area contributed by atoms with Crippen molar-refractivity contribution in [2.24, 2.45) is 0 Å². The van der Waals surface area contributed by atoms with Crippen LogP contribution in [0.3, 0.4) is 0 Å². The van der Waals surface area contributed by atoms with Crippen LogP contribution in [0.1, 0.15) is 70.3 Å². The maximum absolute atomic E-state index is 13.8. The Bertz CT molecular complexity index is 1590. The van der Waals surface area contributed by atoms with Crippen LogP contribution in [0.25, 0.3) is 0 Å². The summed E-state index contributed by atoms with van der Waals surface area (Å²) in [5, 5.41) is 19.5. The van der Waals surface area contributed by atoms with Crippen molar-refractivity contribution in [1.82, 2.24) is 5.06 Å². The summed E-state index contributed by atoms with van der Waals surface area (Å²) < 4.78 is 5.90. The number of hydrogen-bond donors (Lipinski definition) is 2. The number of hydroxylamine groups is 2. The van der Waals surface area contributed by atoms with E-state index in [2.05, 4.69) is 0 Å². The fourth-order valence-electron chi connectivity index (χ4n) is 4.46. The van der Waals surface area contributed by atoms with Gasteiger partial charge in [-0.3, -0.25) is 9.59 Å². The smallest absolute Gasteiger partial charge is 0.343 e. The van der Waals surface area contributed by atoms with Crippen molar-refractivity contribution in [1.29, 1.82) is 0 Å². The van der Waals surface area contributed by atoms with E-state index in [-0.39, 0.29) is 16.7 Å². The maximum Gasteiger partial charge on any atom is 0.343 e. The lowest BCUT2D eigenvalue weighted by Gasteiger charge is -2.25. The normalized spacial score (nSPS) is 13.1. The van der Waals surface area contributed by atoms with E-state index >= 15 is 0 Å². The first-order chi connectivity index (χ1) is 19.8. The number of hydrogen-bond acceptors (Lipinski definition) is 7. The first-order valence-corrected chi connectivity index (χ1v) is 12.3. The Morgan fingerprint density at radius 2 is 1.10 bits per heavy atom. The van der Waals surface area contributed by atoms with E-state index in [1.165, 1.54) is 18.2 Å². The number of benzene rings is 4. The summed E-state index contributed by atoms with van der Waals surface area (Å²) in [4.78, 5) is 69.1. The van der Waals surface area contributed by atoms with Crippen LogP contribution in [0.4, 0.5) is 0 Å². The molecular weight excluding hydrogens is 530 g/mol. The average molecular weight is 552 g/mol. The van der Waals surface area contributed by atoms with Gasteiger partial charge < -0.3 is 14.9 Å². The Morgan fingerprint density at radius 3 is 1.59 bits per heavy atom. The minimum absolute atomic E-state index is 0.0588. The average Bonchev–Trinajstić information content (AvgIpc) is 3.23. The lowest BCUT2D eigenvalue weighted by molar-refractivity contribution is -0.185. The van der Waals surface area contributed by atoms with Gasteiger partial charge in [-0.05, 0) is 41.0 Å². The monoisotopic (exact) mass is 551 g/mol. The van der Waals surface area contributed by atoms with Gasteiger partial charge in [-0.15, -0.1) is 5.06 Å². The van der Waals surface area contributed by atoms with Crippen molar-refractivity contribution in [3.63, 3.8) is 0 Å². The van der Waals surface area contributed by atoms with Crippen LogP contribution >= 0.6 is 0 Å². The number of fused-ring (bicyclic) bond motifs is 1. The molecule has 2 N–H and O–H groups in total. The second-order valence-electron chi connectivity index (χ2n) is 8.99. The molecule has 10 nitrogen and oxygen atoms in total. The summed E-state index contributed by atoms with van der Waals surface area (Å²) in [5.41, 5.74) is 0.0424. The van der Waals surface area contributed by atoms with E-state index in [4.69, 9.17) is 9.57 Å². The second-order valence-corrected chi connectivity index (χ2v) is 8.99. The molecule has 0 unspecified atom stereocenters. The fourth-order valence-corrected chi connectivity index (χ4v) is 4.46. The number of aromatic carboxylic acids is 2. The maximum atomic E-state index is 13.8. The molecule has 41 heavy (non-hydrogen) atoms. The number of ether oxygens (including phenoxy) is 1. The zero-order chi connectivity index (χ0) is 29.1. The molecule has 2 amide bonds. The molecule has 4 aromatic carbocycles. The first-order valence-electron chi connectivity index (χ1n) is 12.3. The fraction of sp³-hybridized carbons (Fsp3) is 0.0645. The van der Waals surface area contributed by atoms with Gasteiger partial charge in [0.2, 0.25) is 6.10 Å². The van der Waals surface area contributed by atoms with E-state index in [0.29, 0.717) is 16.2 Å². The molecule has 0 spiro atoms. The summed E-state index contributed by atoms with van der Waals surface area (Å²) in [6.45, 7) is 0. The van der Waals surface area contributed by atoms with Crippen LogP contribution in [0.15, 0.2) is 103 Å². The highest BCUT2D eigenvalue weighted by Gasteiger charge is 2.41. The number of carbonyl (C=O) groups is 5. The lowest BCUT2D eigenvalue weighted by Crippen LogP contribution is -2.35. The Morgan fingerprint density at radius 1 is 0.610 bits per heavy atom. The van der Waals surface area contributed by atoms with Crippen LogP contribution in [-0.2, 0) is 14.4 Å². The molecule has 4 aromatic rings. The molecule has 204 valence electrons. The molecule has 1 atom stereocenters. The lowest BCUT2D eigenvalue weighted by atomic mass is 9.99. The second kappa shape index (κ2) is 11.2. The predicted molar refractivity (Wildman–Crippen MR) is 142 cm³/mol. The quantitative estimate of drug-likeness (QED) is 0.223. The number of esters is 1. The molecule has 0 aromatic heterocycles. The molecule has 0 fully saturated rings. The minimum Gasteiger partial charge on any atom is -0.478 e. The molecule has 1 aliphatic heterocycles. The van der Waals surface area contributed by atoms with Gasteiger partial charge in [0, 0.05) is 0 Å². The van der Waals surface area contributed by atoms with Crippen LogP contribution in [-0.4, -0.2) is 45.0 Å². The number of carbonyl (C=O) groups excluding carboxylic acids is 3. The number of amides is 2. The van der Waals surface area contributed by atoms with Gasteiger partial charge >= 0.3 is 17.9 Å². The highest BCUT2D eigenvalue weighted by Crippen LogP contribution is 2.33. The van der Waals surface area contributed by atoms with Crippen LogP contribution in [0.5, 0.6) is 0 Å². The van der Waals surface area contributed by atoms with E-state index < -0.39 is 53.1 Å². The van der Waals surface area contributed by atoms with Crippen molar-refractivity contribution >= 4 is 29.7 Å². The summed E-state index contributed by atoms with van der Waals surface area (Å²) in [5.74, 6) is -5.77. The standard InChI is InChI=1S/C31H21NO9/c33-27-21-13-7-8-14-22(21)28(34)32(27)41-26(20-15-16-23(29(35)36)24(17-20)30(37)38)31(39)40-25(18-9-3-1-4-10-18)19-11-5-2-6-12-19/h1-17,25-26H,(H,35,36)(H,37,38)/t26-/m0/s1. The molecule has 0 radical (unpaired) electrons. The van der Waals surface area contributed by atoms with Gasteiger partial charge in [-0.1, -0.05) is 78.9 Å². The van der Waals surface area contributed by atoms with Crippen LogP contribution in [0, 0.1) is 0 Å². The number of nitrogens with zero attached hydrogens (tertiary/aromatic N) is 1. The molecule has 1 aliphatic rings. The van der Waals surface area contributed by atoms with Crippen molar-refractivity contribution < 1.29 is 43.8 Å². The third-order valence-electron chi connectivity index (χ3n) is 6.43. The zero-order valence-corrected chi connectivity index (χ0v) is 21.2. The van der Waals surface area contributed by atoms with Gasteiger partial charge in [0.05, 0.1) is 22.3 Å². The van der Waals surface area contributed by atoms with Crippen molar-refractivity contribution in [3.05, 3.63) is 142 Å². The number of carboxylic acid groups (broad SMARTS) is 2. The predicted octanol–water partition coefficient (Wildman–Crippen LogP) is 4.68. The summed E-state index contributed by atoms with van der Waals surface area (Å²) in [6, 6.07) is 26.7. The van der Waals surface area contributed by atoms with Crippen molar-refractivity contribution in [2.45, 2.75) is 12.2 Å². The molecule has 0 bridgehead atoms. The van der Waals surface area contributed by atoms with E-state index in [1.54, 1.807) is 72.8 Å². The van der Waals surface area contributed by atoms with Gasteiger partial charge in [-0.2, -0.15) is 0 Å². The van der Waals surface area contributed by atoms with Gasteiger partial charge in [0.25, 0.3) is 11.8 Å². The zero-order valence-electron chi connectivity index (χ0n) is 21.2. The van der Waals surface area contributed by atoms with Crippen molar-refractivity contribution in [3.8, 4) is 0 Å². The van der Waals surface area contributed by atoms with Gasteiger partial charge in [-0.25, -0.2) is 19.2 Å². The Labute approximate surface area is 232 Å². The molecule has 0 saturated carbocycles. The Hall–Kier alpha value is -5.61. The number of carboxylic acids is 2. The molecule has 5 rings (SSSR count). The minimum atomic E-state index is -1.83. The van der Waals surface area contributed by atoms with Gasteiger partial charge in [0.1, 0.15) is 0 Å². The van der Waals surface area contributed by atoms with Gasteiger partial charge in [0.15, 0.2) is 6.10 Å². The Balaban J connectivity index is 1.57. The summed E-state index contributed by atoms with van der Waals surface area (Å²) in [6.07, 6.45) is -2.76. The number of rotatable bonds is 9. The van der Waals surface area contributed by atoms with E-state index in [0.717, 1.165) is 12.1 Å². The Kier molecular flexibility index (Phi) is 7.40. The first kappa shape index (κ1) is 27.0. The number of imide groups is 1. The summed E-state index contributed by atoms with van der Waals surface area (Å²) in [7, 11) is 0. The largest absolute Gasteiger partial charge is 0.478 e. The molecule has 1 heterocycles. The van der Waals surface area contributed by atoms with E-state index in [9.17, 15) is 34.2 Å². The van der Waals surface area contributed by atoms with Crippen LogP contribution < -0.4 is 0 Å². The molecule has 0 saturated heterocycles. The van der Waals surface area contributed by atoms with E-state index in [1.807, 2.05) is 0 Å². The molecule has 0 aliphatic carbocycles. The summed E-state index contributed by atoms with van der Waals surface area (Å²) >= 11 is 0. The topological polar surface area (TPSA) is 148 Å². The highest BCUT2D eigenvalue weighted by atomic mass is 16.7. The molecular formula is C31H21NO9. The van der Waals surface area contributed by atoms with Crippen molar-refractivity contribution in [2.75, 3.05) is 0 Å². The molecule has 10 heteroatoms.